The van der Waals surface area contributed by atoms with E-state index in [1.165, 1.54) is 0 Å². The van der Waals surface area contributed by atoms with E-state index in [1.807, 2.05) is 43.1 Å². The number of carbonyl (C=O) groups is 1. The predicted molar refractivity (Wildman–Crippen MR) is 82.1 cm³/mol. The Morgan fingerprint density at radius 2 is 2.30 bits per heavy atom. The first-order valence-corrected chi connectivity index (χ1v) is 7.10. The summed E-state index contributed by atoms with van der Waals surface area (Å²) in [5, 5.41) is 10.7. The van der Waals surface area contributed by atoms with Gasteiger partial charge in [0, 0.05) is 24.2 Å². The number of nitrogens with zero attached hydrogens (tertiary/aromatic N) is 2. The smallest absolute Gasteiger partial charge is 0.328 e. The van der Waals surface area contributed by atoms with Gasteiger partial charge < -0.3 is 10.0 Å². The number of aromatic nitrogens is 1. The Bertz CT molecular complexity index is 621. The van der Waals surface area contributed by atoms with Crippen LogP contribution in [0.2, 0.25) is 0 Å². The predicted octanol–water partition coefficient (Wildman–Crippen LogP) is 3.19. The zero-order valence-electron chi connectivity index (χ0n) is 11.4. The van der Waals surface area contributed by atoms with Crippen molar-refractivity contribution in [2.75, 3.05) is 11.9 Å². The summed E-state index contributed by atoms with van der Waals surface area (Å²) in [5.41, 5.74) is 5.92. The summed E-state index contributed by atoms with van der Waals surface area (Å²) in [6.07, 6.45) is 2.77. The third kappa shape index (κ3) is 3.68. The highest BCUT2D eigenvalue weighted by Crippen LogP contribution is 2.20. The molecule has 2 rings (SSSR count). The normalized spacial score (nSPS) is 10.9. The molecular weight excluding hydrogens is 272 g/mol. The molecule has 0 amide bonds. The summed E-state index contributed by atoms with van der Waals surface area (Å²) in [6, 6.07) is 5.97. The molecule has 5 heteroatoms. The molecule has 0 spiro atoms. The molecule has 4 nitrogen and oxygen atoms in total. The Morgan fingerprint density at radius 1 is 1.50 bits per heavy atom. The van der Waals surface area contributed by atoms with Gasteiger partial charge in [0.25, 0.3) is 0 Å². The van der Waals surface area contributed by atoms with Gasteiger partial charge in [-0.25, -0.2) is 9.78 Å². The highest BCUT2D eigenvalue weighted by Gasteiger charge is 2.05. The molecular formula is C15H16N2O2S. The van der Waals surface area contributed by atoms with Crippen molar-refractivity contribution in [2.24, 2.45) is 0 Å². The summed E-state index contributed by atoms with van der Waals surface area (Å²) in [4.78, 5) is 16.9. The molecule has 0 aliphatic heterocycles. The van der Waals surface area contributed by atoms with Gasteiger partial charge in [-0.3, -0.25) is 0 Å². The Balaban J connectivity index is 2.13. The highest BCUT2D eigenvalue weighted by molar-refractivity contribution is 7.07. The molecule has 1 aromatic carbocycles. The van der Waals surface area contributed by atoms with Crippen molar-refractivity contribution in [1.82, 2.24) is 4.98 Å². The highest BCUT2D eigenvalue weighted by atomic mass is 32.1. The Morgan fingerprint density at radius 3 is 2.90 bits per heavy atom. The van der Waals surface area contributed by atoms with E-state index in [0.717, 1.165) is 35.1 Å². The first-order chi connectivity index (χ1) is 9.56. The van der Waals surface area contributed by atoms with E-state index in [9.17, 15) is 4.79 Å². The zero-order valence-corrected chi connectivity index (χ0v) is 12.2. The molecule has 0 aliphatic carbocycles. The van der Waals surface area contributed by atoms with Crippen molar-refractivity contribution in [3.63, 3.8) is 0 Å². The van der Waals surface area contributed by atoms with E-state index in [-0.39, 0.29) is 0 Å². The van der Waals surface area contributed by atoms with Crippen LogP contribution in [0.1, 0.15) is 16.8 Å². The van der Waals surface area contributed by atoms with Crippen LogP contribution in [0.25, 0.3) is 6.08 Å². The SMILES string of the molecule is Cc1cc(N(C)Cc2cscn2)ccc1C=CC(=O)O. The van der Waals surface area contributed by atoms with Crippen LogP contribution in [0.4, 0.5) is 5.69 Å². The number of anilines is 1. The minimum absolute atomic E-state index is 0.757. The fourth-order valence-corrected chi connectivity index (χ4v) is 2.44. The van der Waals surface area contributed by atoms with Crippen molar-refractivity contribution in [3.05, 3.63) is 52.0 Å². The number of carboxylic acids is 1. The molecule has 1 N–H and O–H groups in total. The summed E-state index contributed by atoms with van der Waals surface area (Å²) in [5.74, 6) is -0.936. The lowest BCUT2D eigenvalue weighted by Crippen LogP contribution is -2.16. The van der Waals surface area contributed by atoms with E-state index in [4.69, 9.17) is 5.11 Å². The van der Waals surface area contributed by atoms with Gasteiger partial charge in [0.1, 0.15) is 0 Å². The van der Waals surface area contributed by atoms with Crippen LogP contribution < -0.4 is 4.90 Å². The summed E-state index contributed by atoms with van der Waals surface area (Å²) in [7, 11) is 2.01. The summed E-state index contributed by atoms with van der Waals surface area (Å²) in [6.45, 7) is 2.73. The van der Waals surface area contributed by atoms with Gasteiger partial charge in [-0.1, -0.05) is 6.07 Å². The molecule has 0 bridgehead atoms. The lowest BCUT2D eigenvalue weighted by molar-refractivity contribution is -0.131. The van der Waals surface area contributed by atoms with Crippen LogP contribution >= 0.6 is 11.3 Å². The molecule has 0 aliphatic rings. The van der Waals surface area contributed by atoms with Gasteiger partial charge in [0.05, 0.1) is 17.7 Å². The molecule has 0 saturated heterocycles. The Hall–Kier alpha value is -2.14. The number of aryl methyl sites for hydroxylation is 1. The van der Waals surface area contributed by atoms with E-state index in [0.29, 0.717) is 0 Å². The van der Waals surface area contributed by atoms with Gasteiger partial charge in [-0.05, 0) is 36.3 Å². The van der Waals surface area contributed by atoms with E-state index >= 15 is 0 Å². The number of rotatable bonds is 5. The van der Waals surface area contributed by atoms with Crippen LogP contribution in [-0.2, 0) is 11.3 Å². The molecule has 2 aromatic rings. The van der Waals surface area contributed by atoms with Crippen molar-refractivity contribution in [3.8, 4) is 0 Å². The molecule has 0 unspecified atom stereocenters. The molecule has 0 atom stereocenters. The monoisotopic (exact) mass is 288 g/mol. The second-order valence-electron chi connectivity index (χ2n) is 4.55. The van der Waals surface area contributed by atoms with Gasteiger partial charge in [-0.2, -0.15) is 0 Å². The van der Waals surface area contributed by atoms with Crippen molar-refractivity contribution in [2.45, 2.75) is 13.5 Å². The number of aliphatic carboxylic acids is 1. The minimum atomic E-state index is -0.936. The maximum absolute atomic E-state index is 10.5. The van der Waals surface area contributed by atoms with E-state index in [2.05, 4.69) is 9.88 Å². The second-order valence-corrected chi connectivity index (χ2v) is 5.27. The lowest BCUT2D eigenvalue weighted by Gasteiger charge is -2.19. The first-order valence-electron chi connectivity index (χ1n) is 6.16. The van der Waals surface area contributed by atoms with Crippen LogP contribution in [-0.4, -0.2) is 23.1 Å². The quantitative estimate of drug-likeness (QED) is 0.859. The molecule has 0 fully saturated rings. The lowest BCUT2D eigenvalue weighted by atomic mass is 10.1. The van der Waals surface area contributed by atoms with Gasteiger partial charge >= 0.3 is 5.97 Å². The number of hydrogen-bond acceptors (Lipinski definition) is 4. The first kappa shape index (κ1) is 14.3. The molecule has 0 radical (unpaired) electrons. The fourth-order valence-electron chi connectivity index (χ4n) is 1.90. The summed E-state index contributed by atoms with van der Waals surface area (Å²) < 4.78 is 0. The molecule has 1 aromatic heterocycles. The molecule has 0 saturated carbocycles. The average Bonchev–Trinajstić information content (AvgIpc) is 2.89. The maximum Gasteiger partial charge on any atom is 0.328 e. The molecule has 1 heterocycles. The largest absolute Gasteiger partial charge is 0.478 e. The number of benzene rings is 1. The van der Waals surface area contributed by atoms with Crippen LogP contribution in [0, 0.1) is 6.92 Å². The second kappa shape index (κ2) is 6.34. The number of thiazole rings is 1. The third-order valence-corrected chi connectivity index (χ3v) is 3.62. The number of carboxylic acid groups (broad SMARTS) is 1. The van der Waals surface area contributed by atoms with Crippen molar-refractivity contribution < 1.29 is 9.90 Å². The third-order valence-electron chi connectivity index (χ3n) is 2.98. The maximum atomic E-state index is 10.5. The Kier molecular flexibility index (Phi) is 4.53. The van der Waals surface area contributed by atoms with Crippen LogP contribution in [0.15, 0.2) is 35.2 Å². The van der Waals surface area contributed by atoms with E-state index < -0.39 is 5.97 Å². The standard InChI is InChI=1S/C15H16N2O2S/c1-11-7-14(5-3-12(11)4-6-15(18)19)17(2)8-13-9-20-10-16-13/h3-7,9-10H,8H2,1-2H3,(H,18,19). The van der Waals surface area contributed by atoms with Gasteiger partial charge in [0.2, 0.25) is 0 Å². The van der Waals surface area contributed by atoms with Crippen molar-refractivity contribution >= 4 is 29.1 Å². The number of hydrogen-bond donors (Lipinski definition) is 1. The fraction of sp³-hybridized carbons (Fsp3) is 0.200. The van der Waals surface area contributed by atoms with Crippen LogP contribution in [0.5, 0.6) is 0 Å². The van der Waals surface area contributed by atoms with E-state index in [1.54, 1.807) is 17.4 Å². The molecule has 20 heavy (non-hydrogen) atoms. The average molecular weight is 288 g/mol. The zero-order chi connectivity index (χ0) is 14.5. The topological polar surface area (TPSA) is 53.4 Å². The van der Waals surface area contributed by atoms with Gasteiger partial charge in [-0.15, -0.1) is 11.3 Å². The Labute approximate surface area is 122 Å². The van der Waals surface area contributed by atoms with Crippen molar-refractivity contribution in [1.29, 1.82) is 0 Å². The van der Waals surface area contributed by atoms with Gasteiger partial charge in [0.15, 0.2) is 0 Å². The minimum Gasteiger partial charge on any atom is -0.478 e. The molecule has 104 valence electrons. The summed E-state index contributed by atoms with van der Waals surface area (Å²) >= 11 is 1.59. The van der Waals surface area contributed by atoms with Crippen LogP contribution in [0.3, 0.4) is 0 Å².